The Bertz CT molecular complexity index is 1340. The third-order valence-electron chi connectivity index (χ3n) is 5.24. The van der Waals surface area contributed by atoms with Crippen molar-refractivity contribution >= 4 is 33.5 Å². The van der Waals surface area contributed by atoms with E-state index < -0.39 is 0 Å². The van der Waals surface area contributed by atoms with E-state index >= 15 is 0 Å². The smallest absolute Gasteiger partial charge is 0.258 e. The van der Waals surface area contributed by atoms with E-state index in [0.717, 1.165) is 27.9 Å². The molecule has 0 spiro atoms. The SMILES string of the molecule is COc1nn(C)c2nc(C)c(CCC(=O)Nc3ccc4nc[nH]c(=O)c4c3)c(C)c12. The van der Waals surface area contributed by atoms with Gasteiger partial charge in [-0.25, -0.2) is 14.6 Å². The number of pyridine rings is 1. The quantitative estimate of drug-likeness (QED) is 0.526. The van der Waals surface area contributed by atoms with Gasteiger partial charge in [0, 0.05) is 24.8 Å². The molecule has 3 heterocycles. The number of aromatic nitrogens is 5. The van der Waals surface area contributed by atoms with Gasteiger partial charge in [-0.1, -0.05) is 0 Å². The van der Waals surface area contributed by atoms with E-state index in [1.807, 2.05) is 20.9 Å². The second-order valence-corrected chi connectivity index (χ2v) is 7.14. The maximum atomic E-state index is 12.5. The lowest BCUT2D eigenvalue weighted by Gasteiger charge is -2.11. The standard InChI is InChI=1S/C21H22N6O3/c1-11-14(12(2)24-19-18(11)21(30-4)26-27(19)3)6-8-17(28)25-13-5-7-16-15(9-13)20(29)23-10-22-16/h5,7,9-10H,6,8H2,1-4H3,(H,25,28)(H,22,23,29). The number of rotatable bonds is 5. The number of amides is 1. The summed E-state index contributed by atoms with van der Waals surface area (Å²) in [5.41, 5.74) is 4.52. The van der Waals surface area contributed by atoms with E-state index in [4.69, 9.17) is 4.74 Å². The molecule has 1 aromatic carbocycles. The minimum Gasteiger partial charge on any atom is -0.479 e. The number of anilines is 1. The molecule has 0 unspecified atom stereocenters. The molecule has 30 heavy (non-hydrogen) atoms. The van der Waals surface area contributed by atoms with Gasteiger partial charge in [-0.3, -0.25) is 9.59 Å². The summed E-state index contributed by atoms with van der Waals surface area (Å²) in [6.45, 7) is 3.93. The van der Waals surface area contributed by atoms with E-state index in [1.165, 1.54) is 6.33 Å². The largest absolute Gasteiger partial charge is 0.479 e. The molecule has 0 aliphatic heterocycles. The van der Waals surface area contributed by atoms with Gasteiger partial charge in [0.1, 0.15) is 0 Å². The number of H-pyrrole nitrogens is 1. The van der Waals surface area contributed by atoms with Gasteiger partial charge >= 0.3 is 0 Å². The van der Waals surface area contributed by atoms with Crippen LogP contribution in [-0.2, 0) is 18.3 Å². The fraction of sp³-hybridized carbons (Fsp3) is 0.286. The van der Waals surface area contributed by atoms with Crippen LogP contribution in [0.5, 0.6) is 5.88 Å². The first-order valence-corrected chi connectivity index (χ1v) is 9.53. The van der Waals surface area contributed by atoms with Crippen molar-refractivity contribution in [2.75, 3.05) is 12.4 Å². The molecule has 0 bridgehead atoms. The molecular formula is C21H22N6O3. The maximum Gasteiger partial charge on any atom is 0.258 e. The second-order valence-electron chi connectivity index (χ2n) is 7.14. The van der Waals surface area contributed by atoms with Crippen LogP contribution in [0.3, 0.4) is 0 Å². The molecule has 4 aromatic rings. The van der Waals surface area contributed by atoms with Crippen molar-refractivity contribution in [3.8, 4) is 5.88 Å². The Morgan fingerprint density at radius 1 is 1.30 bits per heavy atom. The Balaban J connectivity index is 1.55. The molecule has 0 aliphatic carbocycles. The fourth-order valence-corrected chi connectivity index (χ4v) is 3.72. The average molecular weight is 406 g/mol. The molecule has 4 rings (SSSR count). The van der Waals surface area contributed by atoms with Crippen LogP contribution in [0.4, 0.5) is 5.69 Å². The van der Waals surface area contributed by atoms with E-state index in [2.05, 4.69) is 25.4 Å². The van der Waals surface area contributed by atoms with Crippen molar-refractivity contribution < 1.29 is 9.53 Å². The van der Waals surface area contributed by atoms with Crippen molar-refractivity contribution in [3.05, 3.63) is 51.7 Å². The number of fused-ring (bicyclic) bond motifs is 2. The van der Waals surface area contributed by atoms with Crippen LogP contribution in [0.1, 0.15) is 23.2 Å². The van der Waals surface area contributed by atoms with Crippen LogP contribution in [0.25, 0.3) is 21.9 Å². The molecule has 0 saturated heterocycles. The number of hydrogen-bond acceptors (Lipinski definition) is 6. The van der Waals surface area contributed by atoms with Crippen molar-refractivity contribution in [2.45, 2.75) is 26.7 Å². The Kier molecular flexibility index (Phi) is 4.94. The highest BCUT2D eigenvalue weighted by atomic mass is 16.5. The summed E-state index contributed by atoms with van der Waals surface area (Å²) in [6.07, 6.45) is 2.16. The normalized spacial score (nSPS) is 11.2. The van der Waals surface area contributed by atoms with E-state index in [1.54, 1.807) is 30.0 Å². The van der Waals surface area contributed by atoms with E-state index in [-0.39, 0.29) is 17.9 Å². The first kappa shape index (κ1) is 19.6. The Labute approximate surface area is 172 Å². The lowest BCUT2D eigenvalue weighted by atomic mass is 10.00. The average Bonchev–Trinajstić information content (AvgIpc) is 3.04. The zero-order chi connectivity index (χ0) is 21.4. The second kappa shape index (κ2) is 7.58. The molecule has 0 radical (unpaired) electrons. The molecule has 1 amide bonds. The number of ether oxygens (including phenoxy) is 1. The van der Waals surface area contributed by atoms with Crippen LogP contribution >= 0.6 is 0 Å². The van der Waals surface area contributed by atoms with Crippen molar-refractivity contribution in [1.82, 2.24) is 24.7 Å². The lowest BCUT2D eigenvalue weighted by Crippen LogP contribution is -2.14. The summed E-state index contributed by atoms with van der Waals surface area (Å²) in [5, 5.41) is 8.50. The molecule has 0 atom stereocenters. The molecule has 9 heteroatoms. The summed E-state index contributed by atoms with van der Waals surface area (Å²) in [7, 11) is 3.41. The van der Waals surface area contributed by atoms with Gasteiger partial charge in [-0.05, 0) is 49.6 Å². The number of aromatic amines is 1. The number of hydrogen-bond donors (Lipinski definition) is 2. The number of carbonyl (C=O) groups excluding carboxylic acids is 1. The van der Waals surface area contributed by atoms with Crippen molar-refractivity contribution in [3.63, 3.8) is 0 Å². The van der Waals surface area contributed by atoms with Gasteiger partial charge in [0.15, 0.2) is 5.65 Å². The Hall–Kier alpha value is -3.75. The lowest BCUT2D eigenvalue weighted by molar-refractivity contribution is -0.116. The molecule has 154 valence electrons. The highest BCUT2D eigenvalue weighted by Crippen LogP contribution is 2.30. The molecular weight excluding hydrogens is 384 g/mol. The van der Waals surface area contributed by atoms with E-state index in [0.29, 0.717) is 28.9 Å². The third-order valence-corrected chi connectivity index (χ3v) is 5.24. The Morgan fingerprint density at radius 2 is 2.10 bits per heavy atom. The summed E-state index contributed by atoms with van der Waals surface area (Å²) < 4.78 is 7.08. The molecule has 3 aromatic heterocycles. The maximum absolute atomic E-state index is 12.5. The third kappa shape index (κ3) is 3.38. The molecule has 0 aliphatic rings. The predicted molar refractivity (Wildman–Crippen MR) is 114 cm³/mol. The van der Waals surface area contributed by atoms with Gasteiger partial charge in [-0.15, -0.1) is 5.10 Å². The minimum absolute atomic E-state index is 0.147. The summed E-state index contributed by atoms with van der Waals surface area (Å²) in [5.74, 6) is 0.380. The first-order chi connectivity index (χ1) is 14.4. The number of nitrogens with one attached hydrogen (secondary N) is 2. The van der Waals surface area contributed by atoms with Gasteiger partial charge in [-0.2, -0.15) is 0 Å². The van der Waals surface area contributed by atoms with Crippen LogP contribution in [-0.4, -0.2) is 37.7 Å². The minimum atomic E-state index is -0.243. The fourth-order valence-electron chi connectivity index (χ4n) is 3.72. The van der Waals surface area contributed by atoms with Crippen LogP contribution in [0.15, 0.2) is 29.3 Å². The number of methoxy groups -OCH3 is 1. The van der Waals surface area contributed by atoms with Gasteiger partial charge < -0.3 is 15.0 Å². The number of aryl methyl sites for hydroxylation is 3. The summed E-state index contributed by atoms with van der Waals surface area (Å²) in [6, 6.07) is 5.07. The highest BCUT2D eigenvalue weighted by Gasteiger charge is 2.18. The van der Waals surface area contributed by atoms with Crippen molar-refractivity contribution in [1.29, 1.82) is 0 Å². The van der Waals surface area contributed by atoms with Crippen LogP contribution in [0, 0.1) is 13.8 Å². The van der Waals surface area contributed by atoms with E-state index in [9.17, 15) is 9.59 Å². The van der Waals surface area contributed by atoms with Crippen LogP contribution in [0.2, 0.25) is 0 Å². The van der Waals surface area contributed by atoms with Gasteiger partial charge in [0.05, 0.1) is 29.7 Å². The summed E-state index contributed by atoms with van der Waals surface area (Å²) in [4.78, 5) is 35.8. The summed E-state index contributed by atoms with van der Waals surface area (Å²) >= 11 is 0. The molecule has 0 fully saturated rings. The molecule has 9 nitrogen and oxygen atoms in total. The van der Waals surface area contributed by atoms with Crippen LogP contribution < -0.4 is 15.6 Å². The Morgan fingerprint density at radius 3 is 2.87 bits per heavy atom. The molecule has 2 N–H and O–H groups in total. The number of nitrogens with zero attached hydrogens (tertiary/aromatic N) is 4. The molecule has 0 saturated carbocycles. The number of benzene rings is 1. The zero-order valence-electron chi connectivity index (χ0n) is 17.2. The zero-order valence-corrected chi connectivity index (χ0v) is 17.2. The predicted octanol–water partition coefficient (Wildman–Crippen LogP) is 2.40. The topological polar surface area (TPSA) is 115 Å². The highest BCUT2D eigenvalue weighted by molar-refractivity contribution is 5.93. The van der Waals surface area contributed by atoms with Gasteiger partial charge in [0.2, 0.25) is 11.8 Å². The van der Waals surface area contributed by atoms with Gasteiger partial charge in [0.25, 0.3) is 5.56 Å². The number of carbonyl (C=O) groups is 1. The monoisotopic (exact) mass is 406 g/mol. The first-order valence-electron chi connectivity index (χ1n) is 9.53. The van der Waals surface area contributed by atoms with Crippen molar-refractivity contribution in [2.24, 2.45) is 7.05 Å².